The molecule has 0 aliphatic heterocycles. The Labute approximate surface area is 140 Å². The van der Waals surface area contributed by atoms with E-state index in [1.807, 2.05) is 6.07 Å². The van der Waals surface area contributed by atoms with Gasteiger partial charge in [0, 0.05) is 19.4 Å². The average Bonchev–Trinajstić information content (AvgIpc) is 2.87. The molecule has 7 nitrogen and oxygen atoms in total. The number of aryl methyl sites for hydroxylation is 2. The highest BCUT2D eigenvalue weighted by Gasteiger charge is 2.22. The SMILES string of the molecule is CCOC(=O)c1cn(C)cc1NS(=O)(=O)c1cc(C#N)ccc1C. The molecule has 0 spiro atoms. The minimum absolute atomic E-state index is 0.0137. The van der Waals surface area contributed by atoms with Gasteiger partial charge in [-0.2, -0.15) is 5.26 Å². The zero-order valence-electron chi connectivity index (χ0n) is 13.5. The summed E-state index contributed by atoms with van der Waals surface area (Å²) in [5.41, 5.74) is 0.976. The topological polar surface area (TPSA) is 101 Å². The molecular formula is C16H17N3O4S. The molecule has 2 aromatic rings. The maximum absolute atomic E-state index is 12.7. The number of rotatable bonds is 5. The highest BCUT2D eigenvalue weighted by Crippen LogP contribution is 2.24. The molecule has 1 aromatic carbocycles. The summed E-state index contributed by atoms with van der Waals surface area (Å²) in [7, 11) is -2.29. The number of sulfonamides is 1. The molecular weight excluding hydrogens is 330 g/mol. The van der Waals surface area contributed by atoms with E-state index in [0.717, 1.165) is 0 Å². The number of carbonyl (C=O) groups excluding carboxylic acids is 1. The van der Waals surface area contributed by atoms with Gasteiger partial charge in [0.15, 0.2) is 0 Å². The number of nitrogens with one attached hydrogen (secondary N) is 1. The van der Waals surface area contributed by atoms with Crippen molar-refractivity contribution in [1.29, 1.82) is 5.26 Å². The summed E-state index contributed by atoms with van der Waals surface area (Å²) >= 11 is 0. The van der Waals surface area contributed by atoms with Crippen LogP contribution in [0.4, 0.5) is 5.69 Å². The molecule has 126 valence electrons. The number of esters is 1. The molecule has 0 aliphatic carbocycles. The lowest BCUT2D eigenvalue weighted by Crippen LogP contribution is -2.16. The first-order valence-corrected chi connectivity index (χ1v) is 8.63. The molecule has 0 aliphatic rings. The maximum Gasteiger partial charge on any atom is 0.341 e. The summed E-state index contributed by atoms with van der Waals surface area (Å²) in [6, 6.07) is 6.31. The van der Waals surface area contributed by atoms with Crippen molar-refractivity contribution >= 4 is 21.7 Å². The van der Waals surface area contributed by atoms with Gasteiger partial charge in [-0.15, -0.1) is 0 Å². The molecule has 0 atom stereocenters. The molecule has 0 unspecified atom stereocenters. The standard InChI is InChI=1S/C16H17N3O4S/c1-4-23-16(20)13-9-19(3)10-14(13)18-24(21,22)15-7-12(8-17)6-5-11(15)2/h5-7,9-10,18H,4H2,1-3H3. The van der Waals surface area contributed by atoms with Gasteiger partial charge in [-0.25, -0.2) is 13.2 Å². The van der Waals surface area contributed by atoms with Crippen LogP contribution in [0.3, 0.4) is 0 Å². The lowest BCUT2D eigenvalue weighted by molar-refractivity contribution is 0.0527. The Morgan fingerprint density at radius 2 is 2.08 bits per heavy atom. The number of benzene rings is 1. The number of hydrogen-bond donors (Lipinski definition) is 1. The predicted molar refractivity (Wildman–Crippen MR) is 88.1 cm³/mol. The Morgan fingerprint density at radius 1 is 1.38 bits per heavy atom. The van der Waals surface area contributed by atoms with Crippen molar-refractivity contribution in [3.63, 3.8) is 0 Å². The van der Waals surface area contributed by atoms with Crippen LogP contribution in [0.5, 0.6) is 0 Å². The number of ether oxygens (including phenoxy) is 1. The van der Waals surface area contributed by atoms with Crippen molar-refractivity contribution in [1.82, 2.24) is 4.57 Å². The molecule has 0 saturated carbocycles. The van der Waals surface area contributed by atoms with Crippen molar-refractivity contribution in [2.24, 2.45) is 7.05 Å². The molecule has 1 N–H and O–H groups in total. The van der Waals surface area contributed by atoms with Gasteiger partial charge < -0.3 is 9.30 Å². The fourth-order valence-corrected chi connectivity index (χ4v) is 3.53. The van der Waals surface area contributed by atoms with Gasteiger partial charge in [-0.05, 0) is 31.5 Å². The second kappa shape index (κ2) is 6.76. The molecule has 0 saturated heterocycles. The number of anilines is 1. The first kappa shape index (κ1) is 17.6. The van der Waals surface area contributed by atoms with E-state index in [1.54, 1.807) is 37.6 Å². The van der Waals surface area contributed by atoms with Crippen LogP contribution in [0.1, 0.15) is 28.4 Å². The Hall–Kier alpha value is -2.79. The highest BCUT2D eigenvalue weighted by molar-refractivity contribution is 7.92. The van der Waals surface area contributed by atoms with Crippen LogP contribution in [-0.2, 0) is 21.8 Å². The van der Waals surface area contributed by atoms with Crippen LogP contribution >= 0.6 is 0 Å². The predicted octanol–water partition coefficient (Wildman–Crippen LogP) is 2.18. The Bertz CT molecular complexity index is 923. The largest absolute Gasteiger partial charge is 0.462 e. The number of aromatic nitrogens is 1. The molecule has 0 bridgehead atoms. The lowest BCUT2D eigenvalue weighted by atomic mass is 10.2. The van der Waals surface area contributed by atoms with Gasteiger partial charge in [0.1, 0.15) is 5.56 Å². The smallest absolute Gasteiger partial charge is 0.341 e. The Morgan fingerprint density at radius 3 is 2.71 bits per heavy atom. The average molecular weight is 347 g/mol. The summed E-state index contributed by atoms with van der Waals surface area (Å²) in [6.07, 6.45) is 2.96. The van der Waals surface area contributed by atoms with Crippen molar-refractivity contribution in [3.05, 3.63) is 47.3 Å². The van der Waals surface area contributed by atoms with Gasteiger partial charge in [0.2, 0.25) is 0 Å². The van der Waals surface area contributed by atoms with Crippen LogP contribution in [0, 0.1) is 18.3 Å². The van der Waals surface area contributed by atoms with E-state index in [2.05, 4.69) is 4.72 Å². The fraction of sp³-hybridized carbons (Fsp3) is 0.250. The maximum atomic E-state index is 12.7. The van der Waals surface area contributed by atoms with E-state index in [1.165, 1.54) is 18.5 Å². The zero-order valence-corrected chi connectivity index (χ0v) is 14.3. The molecule has 8 heteroatoms. The molecule has 0 fully saturated rings. The Kier molecular flexibility index (Phi) is 4.95. The number of nitrogens with zero attached hydrogens (tertiary/aromatic N) is 2. The summed E-state index contributed by atoms with van der Waals surface area (Å²) in [5.74, 6) is -0.613. The van der Waals surface area contributed by atoms with Gasteiger partial charge in [0.05, 0.1) is 28.8 Å². The minimum Gasteiger partial charge on any atom is -0.462 e. The van der Waals surface area contributed by atoms with Gasteiger partial charge >= 0.3 is 5.97 Å². The molecule has 24 heavy (non-hydrogen) atoms. The van der Waals surface area contributed by atoms with E-state index in [-0.39, 0.29) is 28.3 Å². The molecule has 0 amide bonds. The van der Waals surface area contributed by atoms with Crippen LogP contribution in [0.25, 0.3) is 0 Å². The number of carbonyl (C=O) groups is 1. The third-order valence-corrected chi connectivity index (χ3v) is 4.81. The minimum atomic E-state index is -3.96. The summed E-state index contributed by atoms with van der Waals surface area (Å²) in [6.45, 7) is 3.48. The molecule has 0 radical (unpaired) electrons. The first-order chi connectivity index (χ1) is 11.3. The number of nitriles is 1. The van der Waals surface area contributed by atoms with Crippen LogP contribution in [-0.4, -0.2) is 25.6 Å². The molecule has 1 heterocycles. The van der Waals surface area contributed by atoms with Crippen molar-refractivity contribution in [2.45, 2.75) is 18.7 Å². The van der Waals surface area contributed by atoms with Crippen LogP contribution in [0.2, 0.25) is 0 Å². The second-order valence-electron chi connectivity index (χ2n) is 5.17. The quantitative estimate of drug-likeness (QED) is 0.835. The third kappa shape index (κ3) is 3.58. The van der Waals surface area contributed by atoms with Gasteiger partial charge in [-0.1, -0.05) is 6.07 Å². The van der Waals surface area contributed by atoms with E-state index in [4.69, 9.17) is 10.00 Å². The monoisotopic (exact) mass is 347 g/mol. The third-order valence-electron chi connectivity index (χ3n) is 3.30. The van der Waals surface area contributed by atoms with Crippen LogP contribution < -0.4 is 4.72 Å². The van der Waals surface area contributed by atoms with E-state index >= 15 is 0 Å². The van der Waals surface area contributed by atoms with E-state index in [9.17, 15) is 13.2 Å². The fourth-order valence-electron chi connectivity index (χ4n) is 2.20. The zero-order chi connectivity index (χ0) is 17.9. The van der Waals surface area contributed by atoms with Gasteiger partial charge in [0.25, 0.3) is 10.0 Å². The van der Waals surface area contributed by atoms with Gasteiger partial charge in [-0.3, -0.25) is 4.72 Å². The molecule has 2 rings (SSSR count). The first-order valence-electron chi connectivity index (χ1n) is 7.15. The summed E-state index contributed by atoms with van der Waals surface area (Å²) < 4.78 is 34.2. The normalized spacial score (nSPS) is 10.9. The summed E-state index contributed by atoms with van der Waals surface area (Å²) in [4.78, 5) is 11.9. The van der Waals surface area contributed by atoms with Crippen molar-refractivity contribution < 1.29 is 17.9 Å². The second-order valence-corrected chi connectivity index (χ2v) is 6.82. The summed E-state index contributed by atoms with van der Waals surface area (Å²) in [5, 5.41) is 8.96. The van der Waals surface area contributed by atoms with E-state index < -0.39 is 16.0 Å². The van der Waals surface area contributed by atoms with Crippen molar-refractivity contribution in [3.8, 4) is 6.07 Å². The van der Waals surface area contributed by atoms with Crippen LogP contribution in [0.15, 0.2) is 35.5 Å². The van der Waals surface area contributed by atoms with E-state index in [0.29, 0.717) is 5.56 Å². The Balaban J connectivity index is 2.44. The highest BCUT2D eigenvalue weighted by atomic mass is 32.2. The lowest BCUT2D eigenvalue weighted by Gasteiger charge is -2.11. The molecule has 1 aromatic heterocycles. The number of hydrogen-bond acceptors (Lipinski definition) is 5. The van der Waals surface area contributed by atoms with Crippen molar-refractivity contribution in [2.75, 3.05) is 11.3 Å².